The van der Waals surface area contributed by atoms with E-state index in [1.54, 1.807) is 0 Å². The van der Waals surface area contributed by atoms with Gasteiger partial charge in [0.1, 0.15) is 5.82 Å². The highest BCUT2D eigenvalue weighted by Crippen LogP contribution is 2.27. The van der Waals surface area contributed by atoms with Gasteiger partial charge >= 0.3 is 0 Å². The Hall–Kier alpha value is -2.10. The minimum absolute atomic E-state index is 0.567. The summed E-state index contributed by atoms with van der Waals surface area (Å²) in [7, 11) is 0. The van der Waals surface area contributed by atoms with Crippen molar-refractivity contribution in [2.24, 2.45) is 0 Å². The first-order chi connectivity index (χ1) is 11.9. The van der Waals surface area contributed by atoms with E-state index in [2.05, 4.69) is 40.5 Å². The average Bonchev–Trinajstić information content (AvgIpc) is 3.16. The van der Waals surface area contributed by atoms with Crippen molar-refractivity contribution >= 4 is 11.8 Å². The molecule has 1 aromatic carbocycles. The first kappa shape index (κ1) is 15.4. The van der Waals surface area contributed by atoms with Gasteiger partial charge in [0.15, 0.2) is 0 Å². The largest absolute Gasteiger partial charge is 0.367 e. The number of anilines is 2. The molecule has 2 fully saturated rings. The molecule has 24 heavy (non-hydrogen) atoms. The summed E-state index contributed by atoms with van der Waals surface area (Å²) in [6.07, 6.45) is 8.96. The van der Waals surface area contributed by atoms with Gasteiger partial charge in [-0.3, -0.25) is 0 Å². The Kier molecular flexibility index (Phi) is 4.63. The number of nitrogens with zero attached hydrogens (tertiary/aromatic N) is 3. The first-order valence-electron chi connectivity index (χ1n) is 9.34. The molecule has 1 aliphatic carbocycles. The number of hydrogen-bond donors (Lipinski definition) is 1. The normalized spacial score (nSPS) is 18.8. The third kappa shape index (κ3) is 3.53. The maximum absolute atomic E-state index is 4.88. The molecule has 0 unspecified atom stereocenters. The first-order valence-corrected chi connectivity index (χ1v) is 9.34. The summed E-state index contributed by atoms with van der Waals surface area (Å²) in [6, 6.07) is 13.1. The Morgan fingerprint density at radius 3 is 2.38 bits per heavy atom. The molecule has 1 aromatic heterocycles. The van der Waals surface area contributed by atoms with Crippen LogP contribution in [0.25, 0.3) is 11.3 Å². The fraction of sp³-hybridized carbons (Fsp3) is 0.500. The van der Waals surface area contributed by atoms with E-state index in [1.807, 2.05) is 6.07 Å². The fourth-order valence-electron chi connectivity index (χ4n) is 3.78. The minimum Gasteiger partial charge on any atom is -0.367 e. The Bertz CT molecular complexity index is 659. The molecule has 0 spiro atoms. The highest BCUT2D eigenvalue weighted by atomic mass is 15.3. The summed E-state index contributed by atoms with van der Waals surface area (Å²) in [5, 5.41) is 3.65. The second-order valence-corrected chi connectivity index (χ2v) is 6.98. The molecule has 126 valence electrons. The van der Waals surface area contributed by atoms with E-state index in [4.69, 9.17) is 9.97 Å². The third-order valence-corrected chi connectivity index (χ3v) is 5.13. The molecule has 1 saturated heterocycles. The standard InChI is InChI=1S/C20H26N4/c1-3-9-16(10-4-1)18-15-19(21-17-11-5-6-12-17)23-20(22-18)24-13-7-2-8-14-24/h1,3-4,9-10,15,17H,2,5-8,11-14H2,(H,21,22,23). The van der Waals surface area contributed by atoms with E-state index >= 15 is 0 Å². The van der Waals surface area contributed by atoms with Crippen LogP contribution in [0.2, 0.25) is 0 Å². The van der Waals surface area contributed by atoms with Gasteiger partial charge in [0, 0.05) is 30.8 Å². The zero-order valence-electron chi connectivity index (χ0n) is 14.2. The van der Waals surface area contributed by atoms with E-state index in [1.165, 1.54) is 44.9 Å². The Morgan fingerprint density at radius 2 is 1.62 bits per heavy atom. The molecule has 4 rings (SSSR count). The Balaban J connectivity index is 1.66. The predicted octanol–water partition coefficient (Wildman–Crippen LogP) is 4.49. The lowest BCUT2D eigenvalue weighted by molar-refractivity contribution is 0.568. The van der Waals surface area contributed by atoms with E-state index in [0.29, 0.717) is 6.04 Å². The molecular weight excluding hydrogens is 296 g/mol. The maximum Gasteiger partial charge on any atom is 0.227 e. The molecule has 0 amide bonds. The lowest BCUT2D eigenvalue weighted by Gasteiger charge is -2.27. The molecule has 1 saturated carbocycles. The number of aromatic nitrogens is 2. The second-order valence-electron chi connectivity index (χ2n) is 6.98. The van der Waals surface area contributed by atoms with Crippen LogP contribution in [0.5, 0.6) is 0 Å². The molecule has 0 atom stereocenters. The van der Waals surface area contributed by atoms with Gasteiger partial charge in [-0.15, -0.1) is 0 Å². The third-order valence-electron chi connectivity index (χ3n) is 5.13. The van der Waals surface area contributed by atoms with E-state index in [0.717, 1.165) is 36.1 Å². The molecule has 2 heterocycles. The van der Waals surface area contributed by atoms with Gasteiger partial charge < -0.3 is 10.2 Å². The summed E-state index contributed by atoms with van der Waals surface area (Å²) >= 11 is 0. The van der Waals surface area contributed by atoms with Gasteiger partial charge in [-0.2, -0.15) is 4.98 Å². The molecule has 1 N–H and O–H groups in total. The number of rotatable bonds is 4. The topological polar surface area (TPSA) is 41.1 Å². The van der Waals surface area contributed by atoms with Crippen molar-refractivity contribution in [1.82, 2.24) is 9.97 Å². The van der Waals surface area contributed by atoms with Gasteiger partial charge in [0.05, 0.1) is 5.69 Å². The number of benzene rings is 1. The molecule has 4 heteroatoms. The van der Waals surface area contributed by atoms with Crippen LogP contribution >= 0.6 is 0 Å². The fourth-order valence-corrected chi connectivity index (χ4v) is 3.78. The average molecular weight is 322 g/mol. The minimum atomic E-state index is 0.567. The number of piperidine rings is 1. The molecular formula is C20H26N4. The van der Waals surface area contributed by atoms with Gasteiger partial charge in [0.25, 0.3) is 0 Å². The lowest BCUT2D eigenvalue weighted by Crippen LogP contribution is -2.31. The SMILES string of the molecule is c1ccc(-c2cc(NC3CCCC3)nc(N3CCCCC3)n2)cc1. The van der Waals surface area contributed by atoms with E-state index in [-0.39, 0.29) is 0 Å². The summed E-state index contributed by atoms with van der Waals surface area (Å²) in [6.45, 7) is 2.14. The van der Waals surface area contributed by atoms with Crippen molar-refractivity contribution < 1.29 is 0 Å². The summed E-state index contributed by atoms with van der Waals surface area (Å²) in [5.41, 5.74) is 2.18. The van der Waals surface area contributed by atoms with Crippen LogP contribution in [0.1, 0.15) is 44.9 Å². The van der Waals surface area contributed by atoms with Crippen molar-refractivity contribution in [3.63, 3.8) is 0 Å². The van der Waals surface area contributed by atoms with Crippen LogP contribution in [0, 0.1) is 0 Å². The van der Waals surface area contributed by atoms with E-state index in [9.17, 15) is 0 Å². The smallest absolute Gasteiger partial charge is 0.227 e. The van der Waals surface area contributed by atoms with Gasteiger partial charge in [0.2, 0.25) is 5.95 Å². The molecule has 1 aliphatic heterocycles. The van der Waals surface area contributed by atoms with E-state index < -0.39 is 0 Å². The quantitative estimate of drug-likeness (QED) is 0.900. The van der Waals surface area contributed by atoms with Crippen molar-refractivity contribution in [3.8, 4) is 11.3 Å². The zero-order chi connectivity index (χ0) is 16.2. The van der Waals surface area contributed by atoms with Crippen molar-refractivity contribution in [3.05, 3.63) is 36.4 Å². The van der Waals surface area contributed by atoms with Crippen molar-refractivity contribution in [2.45, 2.75) is 51.0 Å². The summed E-state index contributed by atoms with van der Waals surface area (Å²) in [4.78, 5) is 12.1. The number of hydrogen-bond acceptors (Lipinski definition) is 4. The highest BCUT2D eigenvalue weighted by molar-refractivity contribution is 5.64. The predicted molar refractivity (Wildman–Crippen MR) is 99.4 cm³/mol. The molecule has 0 bridgehead atoms. The molecule has 2 aliphatic rings. The summed E-state index contributed by atoms with van der Waals surface area (Å²) < 4.78 is 0. The van der Waals surface area contributed by atoms with Crippen LogP contribution in [-0.4, -0.2) is 29.1 Å². The molecule has 4 nitrogen and oxygen atoms in total. The summed E-state index contributed by atoms with van der Waals surface area (Å²) in [5.74, 6) is 1.87. The lowest BCUT2D eigenvalue weighted by atomic mass is 10.1. The molecule has 0 radical (unpaired) electrons. The zero-order valence-corrected chi connectivity index (χ0v) is 14.2. The van der Waals surface area contributed by atoms with Gasteiger partial charge in [-0.25, -0.2) is 4.98 Å². The van der Waals surface area contributed by atoms with Gasteiger partial charge in [-0.05, 0) is 32.1 Å². The Morgan fingerprint density at radius 1 is 0.875 bits per heavy atom. The van der Waals surface area contributed by atoms with Crippen LogP contribution in [0.4, 0.5) is 11.8 Å². The second kappa shape index (κ2) is 7.20. The Labute approximate surface area is 144 Å². The highest BCUT2D eigenvalue weighted by Gasteiger charge is 2.19. The maximum atomic E-state index is 4.88. The monoisotopic (exact) mass is 322 g/mol. The van der Waals surface area contributed by atoms with Crippen molar-refractivity contribution in [1.29, 1.82) is 0 Å². The van der Waals surface area contributed by atoms with Gasteiger partial charge in [-0.1, -0.05) is 43.2 Å². The van der Waals surface area contributed by atoms with Crippen LogP contribution < -0.4 is 10.2 Å². The van der Waals surface area contributed by atoms with Crippen molar-refractivity contribution in [2.75, 3.05) is 23.3 Å². The van der Waals surface area contributed by atoms with Crippen LogP contribution in [0.15, 0.2) is 36.4 Å². The molecule has 2 aromatic rings. The van der Waals surface area contributed by atoms with Crippen LogP contribution in [0.3, 0.4) is 0 Å². The van der Waals surface area contributed by atoms with Crippen LogP contribution in [-0.2, 0) is 0 Å². The number of nitrogens with one attached hydrogen (secondary N) is 1.